The molecule has 5 aromatic rings. The highest BCUT2D eigenvalue weighted by Gasteiger charge is 2.48. The minimum Gasteiger partial charge on any atom is -0.507 e. The van der Waals surface area contributed by atoms with Gasteiger partial charge < -0.3 is 19.3 Å². The van der Waals surface area contributed by atoms with Gasteiger partial charge in [-0.25, -0.2) is 4.98 Å². The Morgan fingerprint density at radius 1 is 0.857 bits per heavy atom. The number of thiazole rings is 1. The van der Waals surface area contributed by atoms with E-state index in [1.807, 2.05) is 36.4 Å². The molecule has 8 nitrogen and oxygen atoms in total. The van der Waals surface area contributed by atoms with Gasteiger partial charge in [0.15, 0.2) is 5.13 Å². The van der Waals surface area contributed by atoms with Crippen molar-refractivity contribution >= 4 is 44.1 Å². The third kappa shape index (κ3) is 5.06. The summed E-state index contributed by atoms with van der Waals surface area (Å²) in [4.78, 5) is 33.2. The van der Waals surface area contributed by atoms with E-state index in [0.717, 1.165) is 10.3 Å². The number of nitrogens with zero attached hydrogens (tertiary/aromatic N) is 2. The van der Waals surface area contributed by atoms with Crippen LogP contribution in [0.25, 0.3) is 16.0 Å². The smallest absolute Gasteiger partial charge is 0.301 e. The Morgan fingerprint density at radius 3 is 2.21 bits per heavy atom. The van der Waals surface area contributed by atoms with Crippen LogP contribution < -0.4 is 19.1 Å². The molecular formula is C33H26N2O6S. The second kappa shape index (κ2) is 11.4. The molecule has 1 saturated heterocycles. The summed E-state index contributed by atoms with van der Waals surface area (Å²) >= 11 is 1.27. The number of ketones is 1. The topological polar surface area (TPSA) is 98.2 Å². The van der Waals surface area contributed by atoms with Gasteiger partial charge in [-0.05, 0) is 65.7 Å². The second-order valence-electron chi connectivity index (χ2n) is 9.57. The number of fused-ring (bicyclic) bond motifs is 1. The van der Waals surface area contributed by atoms with Crippen molar-refractivity contribution in [1.82, 2.24) is 4.98 Å². The highest BCUT2D eigenvalue weighted by molar-refractivity contribution is 7.22. The Bertz CT molecular complexity index is 1800. The molecule has 1 atom stereocenters. The van der Waals surface area contributed by atoms with E-state index in [9.17, 15) is 14.7 Å². The Morgan fingerprint density at radius 2 is 1.52 bits per heavy atom. The molecule has 1 aliphatic heterocycles. The molecule has 4 aromatic carbocycles. The molecule has 210 valence electrons. The summed E-state index contributed by atoms with van der Waals surface area (Å²) in [5.74, 6) is 0.0268. The second-order valence-corrected chi connectivity index (χ2v) is 10.6. The first-order valence-corrected chi connectivity index (χ1v) is 13.9. The van der Waals surface area contributed by atoms with Crippen molar-refractivity contribution in [3.05, 3.63) is 119 Å². The Hall–Kier alpha value is -5.15. The van der Waals surface area contributed by atoms with E-state index in [2.05, 4.69) is 4.98 Å². The van der Waals surface area contributed by atoms with Crippen LogP contribution in [0.2, 0.25) is 0 Å². The summed E-state index contributed by atoms with van der Waals surface area (Å²) in [5, 5.41) is 11.8. The number of Topliss-reactive ketones (excluding diaryl/α,β-unsaturated/α-hetero) is 1. The average molecular weight is 579 g/mol. The van der Waals surface area contributed by atoms with E-state index in [-0.39, 0.29) is 11.3 Å². The van der Waals surface area contributed by atoms with E-state index in [0.29, 0.717) is 45.6 Å². The number of aromatic nitrogens is 1. The van der Waals surface area contributed by atoms with Gasteiger partial charge in [-0.15, -0.1) is 0 Å². The summed E-state index contributed by atoms with van der Waals surface area (Å²) in [6.07, 6.45) is 0. The predicted molar refractivity (Wildman–Crippen MR) is 161 cm³/mol. The van der Waals surface area contributed by atoms with E-state index in [1.165, 1.54) is 16.2 Å². The Kier molecular flexibility index (Phi) is 7.33. The number of carbonyl (C=O) groups is 2. The lowest BCUT2D eigenvalue weighted by Crippen LogP contribution is -2.29. The fraction of sp³-hybridized carbons (Fsp3) is 0.121. The number of carbonyl (C=O) groups excluding carboxylic acids is 2. The summed E-state index contributed by atoms with van der Waals surface area (Å²) in [6, 6.07) is 28.1. The monoisotopic (exact) mass is 578 g/mol. The first-order chi connectivity index (χ1) is 20.5. The quantitative estimate of drug-likeness (QED) is 0.127. The molecule has 6 rings (SSSR count). The minimum atomic E-state index is -0.919. The number of methoxy groups -OCH3 is 2. The van der Waals surface area contributed by atoms with Crippen LogP contribution in [-0.2, 0) is 16.2 Å². The van der Waals surface area contributed by atoms with E-state index >= 15 is 0 Å². The molecule has 1 aromatic heterocycles. The van der Waals surface area contributed by atoms with Gasteiger partial charge in [-0.3, -0.25) is 14.5 Å². The molecule has 42 heavy (non-hydrogen) atoms. The van der Waals surface area contributed by atoms with Crippen LogP contribution in [0.15, 0.2) is 103 Å². The van der Waals surface area contributed by atoms with Crippen molar-refractivity contribution in [2.24, 2.45) is 0 Å². The molecular weight excluding hydrogens is 552 g/mol. The summed E-state index contributed by atoms with van der Waals surface area (Å²) in [5.41, 5.74) is 2.67. The maximum Gasteiger partial charge on any atom is 0.301 e. The van der Waals surface area contributed by atoms with Gasteiger partial charge in [0.2, 0.25) is 0 Å². The van der Waals surface area contributed by atoms with E-state index in [4.69, 9.17) is 14.2 Å². The number of hydrogen-bond donors (Lipinski definition) is 1. The molecule has 0 bridgehead atoms. The van der Waals surface area contributed by atoms with Gasteiger partial charge in [-0.1, -0.05) is 53.8 Å². The predicted octanol–water partition coefficient (Wildman–Crippen LogP) is 6.52. The van der Waals surface area contributed by atoms with Crippen LogP contribution in [0.3, 0.4) is 0 Å². The van der Waals surface area contributed by atoms with Crippen molar-refractivity contribution < 1.29 is 28.9 Å². The van der Waals surface area contributed by atoms with Crippen LogP contribution in [0.4, 0.5) is 5.13 Å². The van der Waals surface area contributed by atoms with E-state index in [1.54, 1.807) is 74.9 Å². The molecule has 1 amide bonds. The fourth-order valence-corrected chi connectivity index (χ4v) is 5.88. The van der Waals surface area contributed by atoms with Crippen LogP contribution in [0.5, 0.6) is 17.2 Å². The highest BCUT2D eigenvalue weighted by atomic mass is 32.1. The number of rotatable bonds is 8. The minimum absolute atomic E-state index is 0.0278. The van der Waals surface area contributed by atoms with Gasteiger partial charge in [0.25, 0.3) is 5.78 Å². The number of amides is 1. The SMILES string of the molecule is COc1ccc(/C(O)=C2\C(=O)C(=O)N(c3nc4ccc(OC)cc4s3)C2c2ccc(OCc3ccccc3)cc2)cc1. The van der Waals surface area contributed by atoms with Crippen molar-refractivity contribution in [3.63, 3.8) is 0 Å². The van der Waals surface area contributed by atoms with Gasteiger partial charge in [-0.2, -0.15) is 0 Å². The molecule has 0 saturated carbocycles. The third-order valence-corrected chi connectivity index (χ3v) is 8.06. The zero-order valence-corrected chi connectivity index (χ0v) is 23.6. The standard InChI is InChI=1S/C33H26N2O6S/c1-39-23-12-10-22(11-13-23)30(36)28-29(21-8-14-24(15-9-21)41-19-20-6-4-3-5-7-20)35(32(38)31(28)37)33-34-26-17-16-25(40-2)18-27(26)42-33/h3-18,29,36H,19H2,1-2H3/b30-28+. The largest absolute Gasteiger partial charge is 0.507 e. The van der Waals surface area contributed by atoms with Gasteiger partial charge in [0.05, 0.1) is 36.1 Å². The summed E-state index contributed by atoms with van der Waals surface area (Å²) < 4.78 is 17.3. The summed E-state index contributed by atoms with van der Waals surface area (Å²) in [7, 11) is 3.12. The molecule has 1 fully saturated rings. The third-order valence-electron chi connectivity index (χ3n) is 7.04. The van der Waals surface area contributed by atoms with Crippen molar-refractivity contribution in [3.8, 4) is 17.2 Å². The molecule has 1 unspecified atom stereocenters. The molecule has 0 aliphatic carbocycles. The summed E-state index contributed by atoms with van der Waals surface area (Å²) in [6.45, 7) is 0.394. The molecule has 2 heterocycles. The molecule has 0 radical (unpaired) electrons. The highest BCUT2D eigenvalue weighted by Crippen LogP contribution is 2.45. The van der Waals surface area contributed by atoms with Crippen LogP contribution >= 0.6 is 11.3 Å². The molecule has 0 spiro atoms. The number of aliphatic hydroxyl groups excluding tert-OH is 1. The molecule has 9 heteroatoms. The number of aliphatic hydroxyl groups is 1. The van der Waals surface area contributed by atoms with Crippen molar-refractivity contribution in [1.29, 1.82) is 0 Å². The van der Waals surface area contributed by atoms with Crippen molar-refractivity contribution in [2.75, 3.05) is 19.1 Å². The van der Waals surface area contributed by atoms with Crippen LogP contribution in [0, 0.1) is 0 Å². The number of anilines is 1. The maximum atomic E-state index is 13.6. The lowest BCUT2D eigenvalue weighted by atomic mass is 9.95. The lowest BCUT2D eigenvalue weighted by Gasteiger charge is -2.23. The first-order valence-electron chi connectivity index (χ1n) is 13.1. The average Bonchev–Trinajstić information content (AvgIpc) is 3.57. The fourth-order valence-electron chi connectivity index (χ4n) is 4.86. The number of hydrogen-bond acceptors (Lipinski definition) is 8. The Balaban J connectivity index is 1.42. The van der Waals surface area contributed by atoms with E-state index < -0.39 is 17.7 Å². The van der Waals surface area contributed by atoms with Crippen LogP contribution in [0.1, 0.15) is 22.7 Å². The van der Waals surface area contributed by atoms with Gasteiger partial charge in [0.1, 0.15) is 29.6 Å². The molecule has 1 aliphatic rings. The van der Waals surface area contributed by atoms with Gasteiger partial charge >= 0.3 is 5.91 Å². The number of benzene rings is 4. The van der Waals surface area contributed by atoms with Crippen LogP contribution in [-0.4, -0.2) is 36.0 Å². The number of ether oxygens (including phenoxy) is 3. The zero-order chi connectivity index (χ0) is 29.2. The molecule has 1 N–H and O–H groups in total. The maximum absolute atomic E-state index is 13.6. The lowest BCUT2D eigenvalue weighted by molar-refractivity contribution is -0.132. The first kappa shape index (κ1) is 27.0. The normalized spacial score (nSPS) is 16.1. The zero-order valence-electron chi connectivity index (χ0n) is 22.8. The van der Waals surface area contributed by atoms with Crippen molar-refractivity contribution in [2.45, 2.75) is 12.6 Å². The van der Waals surface area contributed by atoms with Gasteiger partial charge in [0, 0.05) is 5.56 Å². The Labute approximate surface area is 246 Å².